The molecule has 58 heavy (non-hydrogen) atoms. The summed E-state index contributed by atoms with van der Waals surface area (Å²) in [5, 5.41) is 23.1. The number of nitrogens with two attached hydrogens (primary N) is 1. The highest BCUT2D eigenvalue weighted by atomic mass is 16.5. The minimum atomic E-state index is -1.03. The molecule has 9 heteroatoms. The van der Waals surface area contributed by atoms with E-state index in [2.05, 4.69) is 48.9 Å². The third kappa shape index (κ3) is 8.20. The normalized spacial score (nSPS) is 25.6. The van der Waals surface area contributed by atoms with Gasteiger partial charge in [0.1, 0.15) is 48.5 Å². The molecule has 2 bridgehead atoms. The first-order valence-corrected chi connectivity index (χ1v) is 21.9. The average molecular weight is 784 g/mol. The van der Waals surface area contributed by atoms with Crippen LogP contribution in [0.15, 0.2) is 63.4 Å². The van der Waals surface area contributed by atoms with Crippen LogP contribution in [0.2, 0.25) is 0 Å². The Labute approximate surface area is 343 Å². The molecule has 304 valence electrons. The van der Waals surface area contributed by atoms with Gasteiger partial charge in [-0.2, -0.15) is 0 Å². The molecule has 0 aromatic heterocycles. The van der Waals surface area contributed by atoms with Gasteiger partial charge in [0.2, 0.25) is 0 Å². The molecular weight excluding hydrogens is 725 g/mol. The monoisotopic (exact) mass is 783 g/mol. The standard InChI is InChI=1S/C49H58N4O5/c1-3-5-7-11-37(42(54)12-8-6-4-2)44(56)18-13-32-14-20-45-46(27-32)58-48-40(49(24-26-57-45)22-9-10-23-49)17-19-43(55)35-15-16-36-34(21-25-51-47(36)50)38(35)28-33-29-52-41-31-53(48)30-39(33)41/h14-16,20,25,27,29,31,37,40,42-43,47-48,54-55H,3-13,18,21-23,28,30,50H2,1-2H3/p+1/t37-,40+,42-,43+,47+,48-/m1/s1. The van der Waals surface area contributed by atoms with E-state index in [0.717, 1.165) is 115 Å². The van der Waals surface area contributed by atoms with E-state index in [1.165, 1.54) is 5.57 Å². The summed E-state index contributed by atoms with van der Waals surface area (Å²) in [4.78, 5) is 24.2. The van der Waals surface area contributed by atoms with Crippen LogP contribution in [0, 0.1) is 41.1 Å². The molecule has 5 N–H and O–H groups in total. The highest BCUT2D eigenvalue weighted by Crippen LogP contribution is 2.47. The quantitative estimate of drug-likeness (QED) is 0.135. The van der Waals surface area contributed by atoms with Crippen molar-refractivity contribution in [3.63, 3.8) is 0 Å². The zero-order valence-corrected chi connectivity index (χ0v) is 34.2. The van der Waals surface area contributed by atoms with Crippen molar-refractivity contribution in [2.45, 2.75) is 141 Å². The number of unbranched alkanes of at least 4 members (excludes halogenated alkanes) is 4. The second-order valence-electron chi connectivity index (χ2n) is 17.2. The number of aliphatic hydroxyl groups excluding tert-OH is 2. The lowest BCUT2D eigenvalue weighted by atomic mass is 9.73. The van der Waals surface area contributed by atoms with Gasteiger partial charge in [-0.05, 0) is 77.6 Å². The number of nitrogens with one attached hydrogen (secondary N) is 1. The Morgan fingerprint density at radius 1 is 1.02 bits per heavy atom. The second kappa shape index (κ2) is 17.8. The molecule has 5 aliphatic heterocycles. The van der Waals surface area contributed by atoms with Gasteiger partial charge < -0.3 is 25.4 Å². The van der Waals surface area contributed by atoms with Crippen LogP contribution < -0.4 is 20.1 Å². The summed E-state index contributed by atoms with van der Waals surface area (Å²) in [5.74, 6) is 11.0. The number of hydrogen-bond donors (Lipinski definition) is 4. The number of Topliss-reactive ketones (excluding diaryl/α,β-unsaturated/α-hetero) is 1. The zero-order chi connectivity index (χ0) is 40.2. The number of aryl methyl sites for hydroxylation is 1. The van der Waals surface area contributed by atoms with Gasteiger partial charge in [0.05, 0.1) is 11.5 Å². The lowest BCUT2D eigenvalue weighted by Gasteiger charge is -2.36. The first-order valence-electron chi connectivity index (χ1n) is 21.9. The lowest BCUT2D eigenvalue weighted by Crippen LogP contribution is -3.12. The van der Waals surface area contributed by atoms with Crippen molar-refractivity contribution in [2.75, 3.05) is 6.54 Å². The number of carbonyl (C=O) groups is 1. The maximum atomic E-state index is 13.8. The van der Waals surface area contributed by atoms with Crippen LogP contribution in [0.25, 0.3) is 0 Å². The van der Waals surface area contributed by atoms with Gasteiger partial charge in [-0.1, -0.05) is 101 Å². The van der Waals surface area contributed by atoms with Crippen LogP contribution in [0.3, 0.4) is 0 Å². The SMILES string of the molecule is CCCCC[C@@H](O)[C@@H](CCCCC)C(=O)CCc1ccc2c(c1)O[C@@H]1[C@H](C#C[C@H](O)c3ccc4c(c3CC3=C5C[NH+]1C=C5N=C3)CC=N[C@@H]4N)C1(C#CO2)CCCC1. The van der Waals surface area contributed by atoms with Gasteiger partial charge in [0.25, 0.3) is 6.23 Å². The molecule has 9 nitrogen and oxygen atoms in total. The molecule has 8 rings (SSSR count). The molecule has 0 saturated heterocycles. The Morgan fingerprint density at radius 2 is 1.81 bits per heavy atom. The van der Waals surface area contributed by atoms with Crippen molar-refractivity contribution in [2.24, 2.45) is 33.0 Å². The molecule has 2 aromatic rings. The summed E-state index contributed by atoms with van der Waals surface area (Å²) >= 11 is 0. The fourth-order valence-corrected chi connectivity index (χ4v) is 10.1. The highest BCUT2D eigenvalue weighted by Gasteiger charge is 2.51. The smallest absolute Gasteiger partial charge is 0.252 e. The molecule has 1 spiro atoms. The summed E-state index contributed by atoms with van der Waals surface area (Å²) in [6.45, 7) is 4.99. The number of aliphatic hydroxyl groups is 2. The fraction of sp³-hybridized carbons (Fsp3) is 0.531. The molecule has 0 amide bonds. The Balaban J connectivity index is 1.13. The van der Waals surface area contributed by atoms with E-state index in [0.29, 0.717) is 50.1 Å². The highest BCUT2D eigenvalue weighted by molar-refractivity contribution is 5.87. The van der Waals surface area contributed by atoms with Crippen molar-refractivity contribution in [1.82, 2.24) is 0 Å². The van der Waals surface area contributed by atoms with E-state index in [-0.39, 0.29) is 17.6 Å². The number of hydrogen-bond acceptors (Lipinski definition) is 8. The zero-order valence-electron chi connectivity index (χ0n) is 34.2. The third-order valence-electron chi connectivity index (χ3n) is 13.4. The van der Waals surface area contributed by atoms with Gasteiger partial charge in [-0.25, -0.2) is 0 Å². The van der Waals surface area contributed by atoms with Crippen molar-refractivity contribution >= 4 is 18.2 Å². The van der Waals surface area contributed by atoms with Gasteiger partial charge >= 0.3 is 0 Å². The van der Waals surface area contributed by atoms with Crippen molar-refractivity contribution in [3.05, 3.63) is 81.2 Å². The fourth-order valence-electron chi connectivity index (χ4n) is 10.1. The third-order valence-corrected chi connectivity index (χ3v) is 13.4. The number of nitrogens with zero attached hydrogens (tertiary/aromatic N) is 2. The van der Waals surface area contributed by atoms with E-state index >= 15 is 0 Å². The molecule has 1 aliphatic carbocycles. The summed E-state index contributed by atoms with van der Waals surface area (Å²) < 4.78 is 13.4. The predicted molar refractivity (Wildman–Crippen MR) is 226 cm³/mol. The molecular formula is C49H59N4O5+. The van der Waals surface area contributed by atoms with Crippen LogP contribution in [0.4, 0.5) is 0 Å². The van der Waals surface area contributed by atoms with Crippen LogP contribution in [0.5, 0.6) is 11.5 Å². The molecule has 6 aliphatic rings. The van der Waals surface area contributed by atoms with E-state index in [4.69, 9.17) is 20.2 Å². The van der Waals surface area contributed by atoms with Crippen molar-refractivity contribution in [1.29, 1.82) is 0 Å². The first-order chi connectivity index (χ1) is 28.3. The molecule has 2 aromatic carbocycles. The number of fused-ring (bicyclic) bond motifs is 8. The number of rotatable bonds is 13. The molecule has 0 radical (unpaired) electrons. The number of benzene rings is 2. The lowest BCUT2D eigenvalue weighted by molar-refractivity contribution is -0.891. The van der Waals surface area contributed by atoms with Gasteiger partial charge in [0.15, 0.2) is 11.5 Å². The number of allylic oxidation sites excluding steroid dienone is 1. The molecule has 1 fully saturated rings. The van der Waals surface area contributed by atoms with Crippen LogP contribution in [-0.4, -0.2) is 47.3 Å². The van der Waals surface area contributed by atoms with Crippen LogP contribution in [0.1, 0.15) is 137 Å². The Kier molecular flexibility index (Phi) is 12.3. The molecule has 7 atom stereocenters. The predicted octanol–water partition coefficient (Wildman–Crippen LogP) is 6.56. The van der Waals surface area contributed by atoms with Crippen molar-refractivity contribution in [3.8, 4) is 35.4 Å². The number of ether oxygens (including phenoxy) is 2. The maximum absolute atomic E-state index is 13.8. The van der Waals surface area contributed by atoms with Gasteiger partial charge in [-0.3, -0.25) is 19.7 Å². The number of aliphatic imine (C=N–C) groups is 2. The van der Waals surface area contributed by atoms with E-state index in [1.807, 2.05) is 42.8 Å². The minimum absolute atomic E-state index is 0.130. The summed E-state index contributed by atoms with van der Waals surface area (Å²) in [7, 11) is 0. The Bertz CT molecular complexity index is 2140. The van der Waals surface area contributed by atoms with E-state index < -0.39 is 30.0 Å². The maximum Gasteiger partial charge on any atom is 0.252 e. The summed E-state index contributed by atoms with van der Waals surface area (Å²) in [6.07, 6.45) is 20.0. The van der Waals surface area contributed by atoms with Crippen LogP contribution in [-0.2, 0) is 24.1 Å². The van der Waals surface area contributed by atoms with E-state index in [9.17, 15) is 15.0 Å². The first kappa shape index (κ1) is 40.3. The van der Waals surface area contributed by atoms with Gasteiger partial charge in [0, 0.05) is 43.2 Å². The number of carbonyl (C=O) groups excluding carboxylic acids is 1. The topological polar surface area (TPSA) is 131 Å². The Morgan fingerprint density at radius 3 is 2.62 bits per heavy atom. The minimum Gasteiger partial charge on any atom is -0.437 e. The number of ketones is 1. The largest absolute Gasteiger partial charge is 0.437 e. The molecule has 5 heterocycles. The second-order valence-corrected chi connectivity index (χ2v) is 17.2. The van der Waals surface area contributed by atoms with Crippen molar-refractivity contribution < 1.29 is 29.4 Å². The summed E-state index contributed by atoms with van der Waals surface area (Å²) in [6, 6.07) is 9.86. The molecule has 1 unspecified atom stereocenters. The Hall–Kier alpha value is -4.51. The van der Waals surface area contributed by atoms with Crippen LogP contribution >= 0.6 is 0 Å². The molecule has 1 saturated carbocycles. The number of quaternary nitrogens is 1. The average Bonchev–Trinajstić information content (AvgIpc) is 3.97. The van der Waals surface area contributed by atoms with Gasteiger partial charge in [-0.15, -0.1) is 0 Å². The van der Waals surface area contributed by atoms with E-state index in [1.54, 1.807) is 0 Å². The summed E-state index contributed by atoms with van der Waals surface area (Å²) in [5.41, 5.74) is 14.1.